The Morgan fingerprint density at radius 1 is 1.04 bits per heavy atom. The Bertz CT molecular complexity index is 615. The minimum Gasteiger partial charge on any atom is -0.340 e. The first kappa shape index (κ1) is 17.7. The summed E-state index contributed by atoms with van der Waals surface area (Å²) >= 11 is 0. The molecule has 0 saturated carbocycles. The van der Waals surface area contributed by atoms with Crippen molar-refractivity contribution in [2.24, 2.45) is 5.92 Å². The quantitative estimate of drug-likeness (QED) is 0.878. The van der Waals surface area contributed by atoms with Crippen molar-refractivity contribution in [1.82, 2.24) is 10.2 Å². The zero-order valence-electron chi connectivity index (χ0n) is 15.0. The molecule has 1 fully saturated rings. The number of carbonyl (C=O) groups is 1. The predicted molar refractivity (Wildman–Crippen MR) is 102 cm³/mol. The normalized spacial score (nSPS) is 17.7. The fourth-order valence-corrected chi connectivity index (χ4v) is 3.65. The Morgan fingerprint density at radius 3 is 2.12 bits per heavy atom. The standard InChI is InChI=1S/C22H28N2O/c1-18-17-24(13-12-23-18)22(25)16-21(14-19-8-4-2-5-9-19)15-20-10-6-3-7-11-20/h2-11,18,21,23H,12-17H2,1H3. The van der Waals surface area contributed by atoms with Gasteiger partial charge in [0.2, 0.25) is 5.91 Å². The van der Waals surface area contributed by atoms with Crippen LogP contribution in [0.25, 0.3) is 0 Å². The van der Waals surface area contributed by atoms with Crippen LogP contribution in [0, 0.1) is 5.92 Å². The zero-order chi connectivity index (χ0) is 17.5. The molecule has 2 aromatic carbocycles. The SMILES string of the molecule is CC1CN(C(=O)CC(Cc2ccccc2)Cc2ccccc2)CCN1. The van der Waals surface area contributed by atoms with Gasteiger partial charge in [-0.25, -0.2) is 0 Å². The lowest BCUT2D eigenvalue weighted by atomic mass is 9.89. The molecule has 1 heterocycles. The van der Waals surface area contributed by atoms with E-state index < -0.39 is 0 Å². The second kappa shape index (κ2) is 8.82. The van der Waals surface area contributed by atoms with Gasteiger partial charge in [-0.15, -0.1) is 0 Å². The van der Waals surface area contributed by atoms with Gasteiger partial charge in [-0.3, -0.25) is 4.79 Å². The van der Waals surface area contributed by atoms with E-state index in [1.54, 1.807) is 0 Å². The molecule has 25 heavy (non-hydrogen) atoms. The molecule has 0 radical (unpaired) electrons. The van der Waals surface area contributed by atoms with Gasteiger partial charge in [-0.05, 0) is 36.8 Å². The molecule has 1 aliphatic rings. The molecule has 1 N–H and O–H groups in total. The van der Waals surface area contributed by atoms with E-state index in [0.717, 1.165) is 32.5 Å². The third kappa shape index (κ3) is 5.43. The van der Waals surface area contributed by atoms with Gasteiger partial charge in [0.1, 0.15) is 0 Å². The van der Waals surface area contributed by atoms with Crippen LogP contribution in [0.5, 0.6) is 0 Å². The number of hydrogen-bond acceptors (Lipinski definition) is 2. The maximum Gasteiger partial charge on any atom is 0.222 e. The summed E-state index contributed by atoms with van der Waals surface area (Å²) in [5.74, 6) is 0.632. The number of nitrogens with one attached hydrogen (secondary N) is 1. The lowest BCUT2D eigenvalue weighted by Crippen LogP contribution is -2.51. The monoisotopic (exact) mass is 336 g/mol. The van der Waals surface area contributed by atoms with E-state index in [4.69, 9.17) is 0 Å². The summed E-state index contributed by atoms with van der Waals surface area (Å²) in [6.07, 6.45) is 2.52. The van der Waals surface area contributed by atoms with E-state index in [-0.39, 0.29) is 0 Å². The summed E-state index contributed by atoms with van der Waals surface area (Å²) in [4.78, 5) is 14.9. The highest BCUT2D eigenvalue weighted by Gasteiger charge is 2.23. The summed E-state index contributed by atoms with van der Waals surface area (Å²) in [5.41, 5.74) is 2.62. The molecule has 1 atom stereocenters. The molecular formula is C22H28N2O. The van der Waals surface area contributed by atoms with Gasteiger partial charge < -0.3 is 10.2 Å². The number of benzene rings is 2. The van der Waals surface area contributed by atoms with Crippen LogP contribution in [0.15, 0.2) is 60.7 Å². The summed E-state index contributed by atoms with van der Waals surface area (Å²) in [6.45, 7) is 4.69. The summed E-state index contributed by atoms with van der Waals surface area (Å²) < 4.78 is 0. The van der Waals surface area contributed by atoms with Crippen LogP contribution in [-0.2, 0) is 17.6 Å². The van der Waals surface area contributed by atoms with Gasteiger partial charge in [-0.2, -0.15) is 0 Å². The second-order valence-electron chi connectivity index (χ2n) is 7.14. The lowest BCUT2D eigenvalue weighted by Gasteiger charge is -2.33. The number of hydrogen-bond donors (Lipinski definition) is 1. The highest BCUT2D eigenvalue weighted by Crippen LogP contribution is 2.20. The molecule has 0 aliphatic carbocycles. The number of piperazine rings is 1. The average Bonchev–Trinajstić information content (AvgIpc) is 2.63. The minimum absolute atomic E-state index is 0.296. The third-order valence-corrected chi connectivity index (χ3v) is 4.92. The fourth-order valence-electron chi connectivity index (χ4n) is 3.65. The van der Waals surface area contributed by atoms with Crippen molar-refractivity contribution in [2.75, 3.05) is 19.6 Å². The average molecular weight is 336 g/mol. The van der Waals surface area contributed by atoms with Gasteiger partial charge in [0.05, 0.1) is 0 Å². The number of carbonyl (C=O) groups excluding carboxylic acids is 1. The van der Waals surface area contributed by atoms with Crippen LogP contribution < -0.4 is 5.32 Å². The molecule has 132 valence electrons. The van der Waals surface area contributed by atoms with Crippen molar-refractivity contribution in [3.63, 3.8) is 0 Å². The summed E-state index contributed by atoms with van der Waals surface area (Å²) in [5, 5.41) is 3.41. The van der Waals surface area contributed by atoms with Crippen molar-refractivity contribution in [3.05, 3.63) is 71.8 Å². The smallest absolute Gasteiger partial charge is 0.222 e. The zero-order valence-corrected chi connectivity index (χ0v) is 15.0. The largest absolute Gasteiger partial charge is 0.340 e. The fraction of sp³-hybridized carbons (Fsp3) is 0.409. The molecule has 1 unspecified atom stereocenters. The molecule has 0 aromatic heterocycles. The molecule has 1 aliphatic heterocycles. The van der Waals surface area contributed by atoms with Crippen LogP contribution >= 0.6 is 0 Å². The van der Waals surface area contributed by atoms with Gasteiger partial charge in [0, 0.05) is 32.1 Å². The van der Waals surface area contributed by atoms with Crippen molar-refractivity contribution in [3.8, 4) is 0 Å². The van der Waals surface area contributed by atoms with E-state index in [1.807, 2.05) is 17.0 Å². The van der Waals surface area contributed by atoms with E-state index >= 15 is 0 Å². The Hall–Kier alpha value is -2.13. The molecule has 1 amide bonds. The van der Waals surface area contributed by atoms with E-state index in [9.17, 15) is 4.79 Å². The van der Waals surface area contributed by atoms with E-state index in [2.05, 4.69) is 60.8 Å². The van der Waals surface area contributed by atoms with Crippen molar-refractivity contribution < 1.29 is 4.79 Å². The predicted octanol–water partition coefficient (Wildman–Crippen LogP) is 3.30. The molecule has 0 spiro atoms. The molecule has 1 saturated heterocycles. The minimum atomic E-state index is 0.296. The lowest BCUT2D eigenvalue weighted by molar-refractivity contribution is -0.133. The second-order valence-corrected chi connectivity index (χ2v) is 7.14. The topological polar surface area (TPSA) is 32.3 Å². The van der Waals surface area contributed by atoms with Crippen LogP contribution in [-0.4, -0.2) is 36.5 Å². The van der Waals surface area contributed by atoms with E-state index in [0.29, 0.717) is 24.3 Å². The molecule has 0 bridgehead atoms. The van der Waals surface area contributed by atoms with Gasteiger partial charge >= 0.3 is 0 Å². The maximum absolute atomic E-state index is 12.8. The molecule has 3 nitrogen and oxygen atoms in total. The van der Waals surface area contributed by atoms with Crippen molar-refractivity contribution >= 4 is 5.91 Å². The first-order valence-electron chi connectivity index (χ1n) is 9.29. The van der Waals surface area contributed by atoms with Crippen molar-refractivity contribution in [2.45, 2.75) is 32.2 Å². The van der Waals surface area contributed by atoms with Gasteiger partial charge in [0.25, 0.3) is 0 Å². The maximum atomic E-state index is 12.8. The van der Waals surface area contributed by atoms with E-state index in [1.165, 1.54) is 11.1 Å². The molecule has 3 rings (SSSR count). The highest BCUT2D eigenvalue weighted by molar-refractivity contribution is 5.76. The number of amides is 1. The number of nitrogens with zero attached hydrogens (tertiary/aromatic N) is 1. The first-order valence-corrected chi connectivity index (χ1v) is 9.29. The number of rotatable bonds is 6. The first-order chi connectivity index (χ1) is 12.2. The molecule has 2 aromatic rings. The highest BCUT2D eigenvalue weighted by atomic mass is 16.2. The Labute approximate surface area is 151 Å². The van der Waals surface area contributed by atoms with Crippen molar-refractivity contribution in [1.29, 1.82) is 0 Å². The Balaban J connectivity index is 1.67. The van der Waals surface area contributed by atoms with Crippen LogP contribution in [0.1, 0.15) is 24.5 Å². The third-order valence-electron chi connectivity index (χ3n) is 4.92. The molecular weight excluding hydrogens is 308 g/mol. The molecule has 3 heteroatoms. The Kier molecular flexibility index (Phi) is 6.24. The van der Waals surface area contributed by atoms with Crippen LogP contribution in [0.4, 0.5) is 0 Å². The van der Waals surface area contributed by atoms with Gasteiger partial charge in [0.15, 0.2) is 0 Å². The Morgan fingerprint density at radius 2 is 1.60 bits per heavy atom. The van der Waals surface area contributed by atoms with Crippen LogP contribution in [0.2, 0.25) is 0 Å². The van der Waals surface area contributed by atoms with Crippen LogP contribution in [0.3, 0.4) is 0 Å². The summed E-state index contributed by atoms with van der Waals surface area (Å²) in [6, 6.07) is 21.4. The van der Waals surface area contributed by atoms with Gasteiger partial charge in [-0.1, -0.05) is 60.7 Å². The summed E-state index contributed by atoms with van der Waals surface area (Å²) in [7, 11) is 0.